The number of rotatable bonds is 8. The van der Waals surface area contributed by atoms with Crippen LogP contribution in [0.2, 0.25) is 0 Å². The zero-order valence-electron chi connectivity index (χ0n) is 17.9. The summed E-state index contributed by atoms with van der Waals surface area (Å²) in [6.07, 6.45) is 0.334. The fourth-order valence-corrected chi connectivity index (χ4v) is 4.86. The van der Waals surface area contributed by atoms with Gasteiger partial charge in [-0.3, -0.25) is 10.1 Å². The number of nitrogens with one attached hydrogen (secondary N) is 2. The Bertz CT molecular complexity index is 1360. The van der Waals surface area contributed by atoms with Crippen LogP contribution in [0.5, 0.6) is 0 Å². The summed E-state index contributed by atoms with van der Waals surface area (Å²) in [5, 5.41) is 15.6. The van der Waals surface area contributed by atoms with E-state index in [1.54, 1.807) is 31.2 Å². The molecule has 0 atom stereocenters. The van der Waals surface area contributed by atoms with Crippen LogP contribution in [0.15, 0.2) is 64.0 Å². The summed E-state index contributed by atoms with van der Waals surface area (Å²) in [4.78, 5) is 13.1. The maximum Gasteiger partial charge on any atom is 0.263 e. The van der Waals surface area contributed by atoms with Crippen molar-refractivity contribution in [3.05, 3.63) is 76.5 Å². The van der Waals surface area contributed by atoms with Gasteiger partial charge in [0.05, 0.1) is 4.90 Å². The van der Waals surface area contributed by atoms with Crippen molar-refractivity contribution in [1.29, 1.82) is 0 Å². The second kappa shape index (κ2) is 9.61. The second-order valence-corrected chi connectivity index (χ2v) is 10.1. The fourth-order valence-electron chi connectivity index (χ4n) is 3.09. The zero-order valence-corrected chi connectivity index (χ0v) is 19.5. The van der Waals surface area contributed by atoms with E-state index in [2.05, 4.69) is 25.4 Å². The smallest absolute Gasteiger partial charge is 0.263 e. The van der Waals surface area contributed by atoms with Crippen molar-refractivity contribution < 1.29 is 17.7 Å². The van der Waals surface area contributed by atoms with Crippen LogP contribution in [0.3, 0.4) is 0 Å². The van der Waals surface area contributed by atoms with Gasteiger partial charge in [0.1, 0.15) is 22.0 Å². The molecule has 0 fully saturated rings. The lowest BCUT2D eigenvalue weighted by Gasteiger charge is -2.05. The molecule has 33 heavy (non-hydrogen) atoms. The SMILES string of the molecule is Cc1ccc(S(=O)(=O)NCCc2nnc(NC(=O)c3c(-c4ccccc4)noc3C)s2)cc1. The van der Waals surface area contributed by atoms with Crippen LogP contribution in [-0.2, 0) is 16.4 Å². The predicted octanol–water partition coefficient (Wildman–Crippen LogP) is 3.58. The molecule has 0 saturated carbocycles. The van der Waals surface area contributed by atoms with Gasteiger partial charge in [0.25, 0.3) is 5.91 Å². The average molecular weight is 484 g/mol. The van der Waals surface area contributed by atoms with Crippen molar-refractivity contribution in [3.8, 4) is 11.3 Å². The first kappa shape index (κ1) is 22.8. The molecule has 0 aliphatic heterocycles. The van der Waals surface area contributed by atoms with Crippen molar-refractivity contribution >= 4 is 32.4 Å². The lowest BCUT2D eigenvalue weighted by molar-refractivity contribution is 0.102. The van der Waals surface area contributed by atoms with Crippen LogP contribution in [0.25, 0.3) is 11.3 Å². The summed E-state index contributed by atoms with van der Waals surface area (Å²) < 4.78 is 32.5. The highest BCUT2D eigenvalue weighted by atomic mass is 32.2. The monoisotopic (exact) mass is 483 g/mol. The van der Waals surface area contributed by atoms with Crippen molar-refractivity contribution in [3.63, 3.8) is 0 Å². The third-order valence-corrected chi connectivity index (χ3v) is 7.16. The van der Waals surface area contributed by atoms with Crippen LogP contribution in [0.4, 0.5) is 5.13 Å². The summed E-state index contributed by atoms with van der Waals surface area (Å²) in [6, 6.07) is 15.9. The van der Waals surface area contributed by atoms with Gasteiger partial charge < -0.3 is 4.52 Å². The first-order chi connectivity index (χ1) is 15.8. The number of aryl methyl sites for hydroxylation is 2. The summed E-state index contributed by atoms with van der Waals surface area (Å²) in [5.74, 6) is -0.0167. The topological polar surface area (TPSA) is 127 Å². The van der Waals surface area contributed by atoms with Crippen LogP contribution in [0, 0.1) is 13.8 Å². The zero-order chi connectivity index (χ0) is 23.4. The molecule has 0 spiro atoms. The van der Waals surface area contributed by atoms with Crippen molar-refractivity contribution in [2.24, 2.45) is 0 Å². The molecule has 0 aliphatic carbocycles. The Labute approximate surface area is 194 Å². The Hall–Kier alpha value is -3.41. The molecule has 0 saturated heterocycles. The normalized spacial score (nSPS) is 11.5. The Morgan fingerprint density at radius 1 is 1.03 bits per heavy atom. The van der Waals surface area contributed by atoms with E-state index in [1.165, 1.54) is 11.3 Å². The Balaban J connectivity index is 1.38. The lowest BCUT2D eigenvalue weighted by atomic mass is 10.1. The van der Waals surface area contributed by atoms with Gasteiger partial charge >= 0.3 is 0 Å². The highest BCUT2D eigenvalue weighted by Gasteiger charge is 2.23. The van der Waals surface area contributed by atoms with E-state index in [-0.39, 0.29) is 11.4 Å². The minimum absolute atomic E-state index is 0.154. The van der Waals surface area contributed by atoms with E-state index in [1.807, 2.05) is 37.3 Å². The molecule has 0 aliphatic rings. The summed E-state index contributed by atoms with van der Waals surface area (Å²) in [6.45, 7) is 3.71. The largest absolute Gasteiger partial charge is 0.360 e. The van der Waals surface area contributed by atoms with Crippen molar-refractivity contribution in [1.82, 2.24) is 20.1 Å². The van der Waals surface area contributed by atoms with Gasteiger partial charge in [0.2, 0.25) is 15.2 Å². The Kier molecular flexibility index (Phi) is 6.63. The van der Waals surface area contributed by atoms with Gasteiger partial charge in [-0.15, -0.1) is 10.2 Å². The minimum atomic E-state index is -3.61. The quantitative estimate of drug-likeness (QED) is 0.392. The number of anilines is 1. The molecule has 1 amide bonds. The number of hydrogen-bond donors (Lipinski definition) is 2. The number of nitrogens with zero attached hydrogens (tertiary/aromatic N) is 3. The molecule has 0 unspecified atom stereocenters. The molecule has 9 nitrogen and oxygen atoms in total. The van der Waals surface area contributed by atoms with Crippen LogP contribution in [0.1, 0.15) is 26.7 Å². The van der Waals surface area contributed by atoms with E-state index in [9.17, 15) is 13.2 Å². The molecule has 11 heteroatoms. The van der Waals surface area contributed by atoms with E-state index < -0.39 is 15.9 Å². The average Bonchev–Trinajstić information content (AvgIpc) is 3.40. The molecule has 2 aromatic heterocycles. The number of carbonyl (C=O) groups excluding carboxylic acids is 1. The summed E-state index contributed by atoms with van der Waals surface area (Å²) >= 11 is 1.17. The Morgan fingerprint density at radius 3 is 2.48 bits per heavy atom. The van der Waals surface area contributed by atoms with Gasteiger partial charge in [-0.25, -0.2) is 13.1 Å². The number of sulfonamides is 1. The lowest BCUT2D eigenvalue weighted by Crippen LogP contribution is -2.25. The molecule has 0 radical (unpaired) electrons. The van der Waals surface area contributed by atoms with E-state index in [4.69, 9.17) is 4.52 Å². The van der Waals surface area contributed by atoms with Crippen LogP contribution < -0.4 is 10.0 Å². The standard InChI is InChI=1S/C22H21N5O4S2/c1-14-8-10-17(11-9-14)33(29,30)23-13-12-18-25-26-22(32-18)24-21(28)19-15(2)31-27-20(19)16-6-4-3-5-7-16/h3-11,23H,12-13H2,1-2H3,(H,24,26,28). The molecule has 2 heterocycles. The van der Waals surface area contributed by atoms with Crippen molar-refractivity contribution in [2.75, 3.05) is 11.9 Å². The molecular weight excluding hydrogens is 462 g/mol. The second-order valence-electron chi connectivity index (χ2n) is 7.24. The Morgan fingerprint density at radius 2 is 1.76 bits per heavy atom. The number of aromatic nitrogens is 3. The fraction of sp³-hybridized carbons (Fsp3) is 0.182. The van der Waals surface area contributed by atoms with Crippen LogP contribution in [-0.4, -0.2) is 36.2 Å². The molecule has 2 N–H and O–H groups in total. The maximum absolute atomic E-state index is 12.9. The first-order valence-electron chi connectivity index (χ1n) is 10.1. The minimum Gasteiger partial charge on any atom is -0.360 e. The van der Waals surface area contributed by atoms with Gasteiger partial charge in [-0.05, 0) is 26.0 Å². The molecule has 0 bridgehead atoms. The van der Waals surface area contributed by atoms with Gasteiger partial charge in [-0.1, -0.05) is 64.5 Å². The predicted molar refractivity (Wildman–Crippen MR) is 125 cm³/mol. The van der Waals surface area contributed by atoms with E-state index in [0.29, 0.717) is 33.6 Å². The van der Waals surface area contributed by atoms with E-state index in [0.717, 1.165) is 11.1 Å². The van der Waals surface area contributed by atoms with E-state index >= 15 is 0 Å². The summed E-state index contributed by atoms with van der Waals surface area (Å²) in [5.41, 5.74) is 2.51. The maximum atomic E-state index is 12.9. The molecular formula is C22H21N5O4S2. The number of carbonyl (C=O) groups is 1. The highest BCUT2D eigenvalue weighted by Crippen LogP contribution is 2.26. The molecule has 4 rings (SSSR count). The number of hydrogen-bond acceptors (Lipinski definition) is 8. The first-order valence-corrected chi connectivity index (χ1v) is 12.4. The van der Waals surface area contributed by atoms with Gasteiger partial charge in [0.15, 0.2) is 0 Å². The molecule has 170 valence electrons. The summed E-state index contributed by atoms with van der Waals surface area (Å²) in [7, 11) is -3.61. The van der Waals surface area contributed by atoms with Crippen LogP contribution >= 0.6 is 11.3 Å². The third-order valence-electron chi connectivity index (χ3n) is 4.79. The van der Waals surface area contributed by atoms with Gasteiger partial charge in [-0.2, -0.15) is 0 Å². The van der Waals surface area contributed by atoms with Gasteiger partial charge in [0, 0.05) is 18.5 Å². The number of amides is 1. The molecule has 4 aromatic rings. The number of benzene rings is 2. The third kappa shape index (κ3) is 5.33. The van der Waals surface area contributed by atoms with Crippen molar-refractivity contribution in [2.45, 2.75) is 25.2 Å². The molecule has 2 aromatic carbocycles. The highest BCUT2D eigenvalue weighted by molar-refractivity contribution is 7.89.